The molecule has 0 saturated heterocycles. The topological polar surface area (TPSA) is 125 Å². The number of rotatable bonds is 3. The van der Waals surface area contributed by atoms with Crippen LogP contribution < -0.4 is 21.9 Å². The van der Waals surface area contributed by atoms with Crippen LogP contribution in [0.4, 0.5) is 0 Å². The highest BCUT2D eigenvalue weighted by molar-refractivity contribution is 5.92. The summed E-state index contributed by atoms with van der Waals surface area (Å²) < 4.78 is 4.92. The van der Waals surface area contributed by atoms with E-state index in [1.54, 1.807) is 19.4 Å². The standard InChI is InChI=1S/C9H14N6O/c1-16-7-3-2-6(4-13-7)5-14-9(12)15-8(10)11/h2-4H,5H2,1H3,(H6,10,11,12,14,15). The second kappa shape index (κ2) is 5.54. The number of guanidine groups is 2. The first-order valence-electron chi connectivity index (χ1n) is 4.50. The van der Waals surface area contributed by atoms with E-state index in [0.29, 0.717) is 12.4 Å². The maximum Gasteiger partial charge on any atom is 0.218 e. The van der Waals surface area contributed by atoms with Crippen LogP contribution in [0, 0.1) is 0 Å². The summed E-state index contributed by atoms with van der Waals surface area (Å²) in [6, 6.07) is 3.57. The molecular formula is C9H14N6O. The zero-order valence-corrected chi connectivity index (χ0v) is 8.92. The van der Waals surface area contributed by atoms with Gasteiger partial charge >= 0.3 is 0 Å². The Kier molecular flexibility index (Phi) is 4.07. The number of hydrogen-bond acceptors (Lipinski definition) is 3. The van der Waals surface area contributed by atoms with Crippen LogP contribution in [0.25, 0.3) is 0 Å². The zero-order chi connectivity index (χ0) is 12.0. The number of ether oxygens (including phenoxy) is 1. The van der Waals surface area contributed by atoms with E-state index in [4.69, 9.17) is 21.9 Å². The molecule has 0 spiro atoms. The predicted molar refractivity (Wildman–Crippen MR) is 61.9 cm³/mol. The van der Waals surface area contributed by atoms with E-state index in [0.717, 1.165) is 5.56 Å². The molecule has 16 heavy (non-hydrogen) atoms. The molecule has 0 amide bonds. The van der Waals surface area contributed by atoms with Crippen LogP contribution >= 0.6 is 0 Å². The fraction of sp³-hybridized carbons (Fsp3) is 0.222. The third-order valence-corrected chi connectivity index (χ3v) is 1.67. The number of pyridine rings is 1. The molecule has 0 aliphatic heterocycles. The third-order valence-electron chi connectivity index (χ3n) is 1.67. The maximum absolute atomic E-state index is 5.44. The van der Waals surface area contributed by atoms with Crippen molar-refractivity contribution in [3.63, 3.8) is 0 Å². The largest absolute Gasteiger partial charge is 0.481 e. The SMILES string of the molecule is COc1ccc(CN=C(N)N=C(N)N)cn1. The summed E-state index contributed by atoms with van der Waals surface area (Å²) in [5.41, 5.74) is 16.6. The third kappa shape index (κ3) is 3.82. The molecule has 1 aromatic heterocycles. The van der Waals surface area contributed by atoms with E-state index in [1.165, 1.54) is 0 Å². The van der Waals surface area contributed by atoms with Crippen LogP contribution in [0.5, 0.6) is 5.88 Å². The average molecular weight is 222 g/mol. The molecule has 6 N–H and O–H groups in total. The monoisotopic (exact) mass is 222 g/mol. The van der Waals surface area contributed by atoms with Gasteiger partial charge in [0.25, 0.3) is 0 Å². The normalized spacial score (nSPS) is 10.9. The zero-order valence-electron chi connectivity index (χ0n) is 8.92. The van der Waals surface area contributed by atoms with Gasteiger partial charge in [0.1, 0.15) is 0 Å². The lowest BCUT2D eigenvalue weighted by molar-refractivity contribution is 0.397. The van der Waals surface area contributed by atoms with E-state index in [2.05, 4.69) is 15.0 Å². The summed E-state index contributed by atoms with van der Waals surface area (Å²) in [4.78, 5) is 11.6. The molecule has 0 aliphatic carbocycles. The van der Waals surface area contributed by atoms with Crippen LogP contribution in [0.2, 0.25) is 0 Å². The predicted octanol–water partition coefficient (Wildman–Crippen LogP) is -0.822. The molecule has 1 aromatic rings. The minimum absolute atomic E-state index is 0.0378. The van der Waals surface area contributed by atoms with Crippen molar-refractivity contribution in [3.05, 3.63) is 23.9 Å². The second-order valence-electron chi connectivity index (χ2n) is 2.92. The molecule has 0 saturated carbocycles. The van der Waals surface area contributed by atoms with Gasteiger partial charge in [-0.2, -0.15) is 4.99 Å². The number of aliphatic imine (C=N–C) groups is 2. The summed E-state index contributed by atoms with van der Waals surface area (Å²) in [6.07, 6.45) is 1.64. The summed E-state index contributed by atoms with van der Waals surface area (Å²) in [5, 5.41) is 0. The van der Waals surface area contributed by atoms with Gasteiger partial charge in [-0.25, -0.2) is 9.98 Å². The molecule has 0 fully saturated rings. The van der Waals surface area contributed by atoms with Crippen molar-refractivity contribution in [1.29, 1.82) is 0 Å². The summed E-state index contributed by atoms with van der Waals surface area (Å²) in [5.74, 6) is 0.467. The fourth-order valence-corrected chi connectivity index (χ4v) is 0.965. The summed E-state index contributed by atoms with van der Waals surface area (Å²) in [7, 11) is 1.55. The van der Waals surface area contributed by atoms with E-state index >= 15 is 0 Å². The Morgan fingerprint density at radius 2 is 2.12 bits per heavy atom. The fourth-order valence-electron chi connectivity index (χ4n) is 0.965. The van der Waals surface area contributed by atoms with E-state index in [-0.39, 0.29) is 11.9 Å². The first kappa shape index (κ1) is 11.8. The molecule has 86 valence electrons. The highest BCUT2D eigenvalue weighted by Crippen LogP contribution is 2.07. The van der Waals surface area contributed by atoms with Crippen molar-refractivity contribution >= 4 is 11.9 Å². The molecule has 0 aromatic carbocycles. The molecule has 0 atom stereocenters. The highest BCUT2D eigenvalue weighted by atomic mass is 16.5. The Morgan fingerprint density at radius 3 is 2.62 bits per heavy atom. The minimum atomic E-state index is -0.117. The van der Waals surface area contributed by atoms with Crippen LogP contribution in [0.15, 0.2) is 28.3 Å². The number of nitrogens with zero attached hydrogens (tertiary/aromatic N) is 3. The molecule has 0 unspecified atom stereocenters. The molecule has 0 bridgehead atoms. The van der Waals surface area contributed by atoms with Crippen molar-refractivity contribution in [2.24, 2.45) is 27.2 Å². The second-order valence-corrected chi connectivity index (χ2v) is 2.92. The molecular weight excluding hydrogens is 208 g/mol. The Bertz CT molecular complexity index is 393. The highest BCUT2D eigenvalue weighted by Gasteiger charge is 1.95. The van der Waals surface area contributed by atoms with Gasteiger partial charge in [-0.15, -0.1) is 0 Å². The quantitative estimate of drug-likeness (QED) is 0.455. The van der Waals surface area contributed by atoms with Crippen molar-refractivity contribution < 1.29 is 4.74 Å². The van der Waals surface area contributed by atoms with Crippen LogP contribution in [0.3, 0.4) is 0 Å². The number of methoxy groups -OCH3 is 1. The number of aromatic nitrogens is 1. The minimum Gasteiger partial charge on any atom is -0.481 e. The summed E-state index contributed by atoms with van der Waals surface area (Å²) in [6.45, 7) is 0.361. The van der Waals surface area contributed by atoms with Crippen molar-refractivity contribution in [2.45, 2.75) is 6.54 Å². The first-order chi connectivity index (χ1) is 7.61. The lowest BCUT2D eigenvalue weighted by Gasteiger charge is -1.99. The molecule has 7 nitrogen and oxygen atoms in total. The van der Waals surface area contributed by atoms with Crippen molar-refractivity contribution in [3.8, 4) is 5.88 Å². The smallest absolute Gasteiger partial charge is 0.218 e. The van der Waals surface area contributed by atoms with Gasteiger partial charge in [0.05, 0.1) is 13.7 Å². The van der Waals surface area contributed by atoms with E-state index in [9.17, 15) is 0 Å². The molecule has 1 rings (SSSR count). The van der Waals surface area contributed by atoms with Gasteiger partial charge in [-0.1, -0.05) is 6.07 Å². The van der Waals surface area contributed by atoms with E-state index in [1.807, 2.05) is 6.07 Å². The molecule has 0 radical (unpaired) electrons. The first-order valence-corrected chi connectivity index (χ1v) is 4.50. The van der Waals surface area contributed by atoms with Gasteiger partial charge < -0.3 is 21.9 Å². The lowest BCUT2D eigenvalue weighted by atomic mass is 10.3. The lowest BCUT2D eigenvalue weighted by Crippen LogP contribution is -2.26. The maximum atomic E-state index is 5.44. The average Bonchev–Trinajstić information content (AvgIpc) is 2.26. The van der Waals surface area contributed by atoms with E-state index < -0.39 is 0 Å². The van der Waals surface area contributed by atoms with Crippen molar-refractivity contribution in [2.75, 3.05) is 7.11 Å². The Labute approximate surface area is 93.0 Å². The van der Waals surface area contributed by atoms with Crippen LogP contribution in [0.1, 0.15) is 5.56 Å². The summed E-state index contributed by atoms with van der Waals surface area (Å²) >= 11 is 0. The van der Waals surface area contributed by atoms with Gasteiger partial charge in [-0.3, -0.25) is 0 Å². The Balaban J connectivity index is 2.63. The van der Waals surface area contributed by atoms with Crippen LogP contribution in [-0.4, -0.2) is 24.0 Å². The van der Waals surface area contributed by atoms with Gasteiger partial charge in [0.15, 0.2) is 5.96 Å². The Hall–Kier alpha value is -2.31. The van der Waals surface area contributed by atoms with Gasteiger partial charge in [-0.05, 0) is 5.56 Å². The Morgan fingerprint density at radius 1 is 1.38 bits per heavy atom. The van der Waals surface area contributed by atoms with Crippen molar-refractivity contribution in [1.82, 2.24) is 4.98 Å². The number of hydrogen-bond donors (Lipinski definition) is 3. The molecule has 0 aliphatic rings. The van der Waals surface area contributed by atoms with Gasteiger partial charge in [0.2, 0.25) is 11.8 Å². The van der Waals surface area contributed by atoms with Gasteiger partial charge in [0, 0.05) is 12.3 Å². The molecule has 1 heterocycles. The number of nitrogens with two attached hydrogens (primary N) is 3. The molecule has 7 heteroatoms. The van der Waals surface area contributed by atoms with Crippen LogP contribution in [-0.2, 0) is 6.54 Å².